The van der Waals surface area contributed by atoms with Crippen LogP contribution in [0.25, 0.3) is 0 Å². The van der Waals surface area contributed by atoms with Crippen LogP contribution in [-0.4, -0.2) is 58.3 Å². The number of nitrogens with one attached hydrogen (secondary N) is 1. The van der Waals surface area contributed by atoms with Crippen LogP contribution in [0, 0.1) is 12.8 Å². The summed E-state index contributed by atoms with van der Waals surface area (Å²) in [5.74, 6) is -0.135. The summed E-state index contributed by atoms with van der Waals surface area (Å²) in [4.78, 5) is 46.5. The fourth-order valence-corrected chi connectivity index (χ4v) is 6.38. The Bertz CT molecular complexity index is 1290. The van der Waals surface area contributed by atoms with E-state index in [0.717, 1.165) is 66.9 Å². The molecule has 2 N–H and O–H groups in total. The van der Waals surface area contributed by atoms with Crippen molar-refractivity contribution >= 4 is 29.3 Å². The number of amides is 2. The first-order chi connectivity index (χ1) is 19.2. The summed E-state index contributed by atoms with van der Waals surface area (Å²) >= 11 is 0. The molecule has 1 saturated heterocycles. The van der Waals surface area contributed by atoms with Crippen LogP contribution in [-0.2, 0) is 22.6 Å². The Balaban J connectivity index is 1.41. The number of aryl methyl sites for hydroxylation is 1. The van der Waals surface area contributed by atoms with Crippen molar-refractivity contribution in [3.63, 3.8) is 0 Å². The predicted octanol–water partition coefficient (Wildman–Crippen LogP) is 4.73. The van der Waals surface area contributed by atoms with E-state index < -0.39 is 12.0 Å². The highest BCUT2D eigenvalue weighted by atomic mass is 16.4. The second-order valence-electron chi connectivity index (χ2n) is 11.8. The summed E-state index contributed by atoms with van der Waals surface area (Å²) in [6.45, 7) is 7.31. The number of rotatable bonds is 7. The van der Waals surface area contributed by atoms with E-state index in [1.807, 2.05) is 49.9 Å². The van der Waals surface area contributed by atoms with Gasteiger partial charge in [0.15, 0.2) is 0 Å². The Morgan fingerprint density at radius 3 is 2.42 bits per heavy atom. The molecule has 0 aromatic heterocycles. The number of anilines is 1. The van der Waals surface area contributed by atoms with Crippen molar-refractivity contribution in [2.24, 2.45) is 10.9 Å². The number of benzene rings is 2. The van der Waals surface area contributed by atoms with Gasteiger partial charge in [-0.15, -0.1) is 0 Å². The Morgan fingerprint density at radius 1 is 1.02 bits per heavy atom. The molecule has 0 unspecified atom stereocenters. The fraction of sp³-hybridized carbons (Fsp3) is 0.500. The first kappa shape index (κ1) is 28.0. The molecule has 0 spiro atoms. The normalized spacial score (nSPS) is 23.9. The van der Waals surface area contributed by atoms with Crippen molar-refractivity contribution in [1.29, 1.82) is 0 Å². The molecule has 3 aliphatic rings. The standard InChI is InChI=1S/C32H40N4O4/c1-20(2)33-30(37)24-12-14-26(15-13-24)36-28-17-22(19-35-16-4-5-27(35)32(39)40)8-11-25(28)18-29(36)34-31(38)23-9-6-21(3)7-10-23/h6-11,17,20,24,26-27H,4-5,12-16,18-19H2,1-3H3,(H,33,37)(H,39,40)/t24?,26?,27-/m0/s1. The van der Waals surface area contributed by atoms with Crippen molar-refractivity contribution in [2.45, 2.75) is 90.4 Å². The number of aliphatic imine (C=N–C) groups is 1. The lowest BCUT2D eigenvalue weighted by Crippen LogP contribution is -2.44. The molecule has 8 nitrogen and oxygen atoms in total. The van der Waals surface area contributed by atoms with Gasteiger partial charge in [-0.3, -0.25) is 19.3 Å². The van der Waals surface area contributed by atoms with Crippen molar-refractivity contribution in [3.8, 4) is 0 Å². The molecular weight excluding hydrogens is 504 g/mol. The maximum Gasteiger partial charge on any atom is 0.320 e. The number of carbonyl (C=O) groups is 3. The van der Waals surface area contributed by atoms with Crippen LogP contribution in [0.1, 0.15) is 79.4 Å². The quantitative estimate of drug-likeness (QED) is 0.523. The van der Waals surface area contributed by atoms with Gasteiger partial charge >= 0.3 is 5.97 Å². The van der Waals surface area contributed by atoms with Gasteiger partial charge in [0.05, 0.1) is 0 Å². The van der Waals surface area contributed by atoms with Crippen LogP contribution >= 0.6 is 0 Å². The van der Waals surface area contributed by atoms with Crippen molar-refractivity contribution in [2.75, 3.05) is 11.4 Å². The Morgan fingerprint density at radius 2 is 1.75 bits per heavy atom. The molecule has 1 aliphatic carbocycles. The molecule has 2 aliphatic heterocycles. The fourth-order valence-electron chi connectivity index (χ4n) is 6.38. The van der Waals surface area contributed by atoms with E-state index in [-0.39, 0.29) is 29.8 Å². The largest absolute Gasteiger partial charge is 0.480 e. The van der Waals surface area contributed by atoms with Crippen LogP contribution < -0.4 is 10.2 Å². The lowest BCUT2D eigenvalue weighted by Gasteiger charge is -2.36. The molecule has 8 heteroatoms. The van der Waals surface area contributed by atoms with Crippen LogP contribution in [0.15, 0.2) is 47.5 Å². The average Bonchev–Trinajstić information content (AvgIpc) is 3.53. The third-order valence-electron chi connectivity index (χ3n) is 8.46. The van der Waals surface area contributed by atoms with E-state index in [2.05, 4.69) is 33.4 Å². The second kappa shape index (κ2) is 11.9. The van der Waals surface area contributed by atoms with Crippen LogP contribution in [0.4, 0.5) is 5.69 Å². The van der Waals surface area contributed by atoms with Gasteiger partial charge in [-0.05, 0) is 95.2 Å². The number of carboxylic acid groups (broad SMARTS) is 1. The number of aliphatic carboxylic acids is 1. The molecule has 2 aromatic rings. The van der Waals surface area contributed by atoms with E-state index in [1.54, 1.807) is 0 Å². The molecule has 2 aromatic carbocycles. The van der Waals surface area contributed by atoms with E-state index >= 15 is 0 Å². The molecule has 0 radical (unpaired) electrons. The Hall–Kier alpha value is -3.52. The molecule has 212 valence electrons. The summed E-state index contributed by atoms with van der Waals surface area (Å²) in [5.41, 5.74) is 4.89. The molecule has 0 bridgehead atoms. The molecular formula is C32H40N4O4. The molecule has 1 saturated carbocycles. The number of amidine groups is 1. The minimum absolute atomic E-state index is 0.00440. The van der Waals surface area contributed by atoms with Gasteiger partial charge in [0, 0.05) is 42.2 Å². The SMILES string of the molecule is Cc1ccc(C(=O)N=C2Cc3ccc(CN4CCC[C@H]4C(=O)O)cc3N2C2CCC(C(=O)NC(C)C)CC2)cc1. The first-order valence-electron chi connectivity index (χ1n) is 14.6. The van der Waals surface area contributed by atoms with Crippen LogP contribution in [0.2, 0.25) is 0 Å². The van der Waals surface area contributed by atoms with E-state index in [0.29, 0.717) is 24.9 Å². The summed E-state index contributed by atoms with van der Waals surface area (Å²) in [7, 11) is 0. The van der Waals surface area contributed by atoms with Crippen LogP contribution in [0.3, 0.4) is 0 Å². The highest BCUT2D eigenvalue weighted by Gasteiger charge is 2.37. The maximum atomic E-state index is 13.2. The Labute approximate surface area is 236 Å². The Kier molecular flexibility index (Phi) is 8.35. The number of hydrogen-bond donors (Lipinski definition) is 2. The van der Waals surface area contributed by atoms with Gasteiger partial charge in [-0.1, -0.05) is 29.8 Å². The zero-order valence-corrected chi connectivity index (χ0v) is 23.7. The zero-order chi connectivity index (χ0) is 28.4. The second-order valence-corrected chi connectivity index (χ2v) is 11.8. The lowest BCUT2D eigenvalue weighted by molar-refractivity contribution is -0.142. The van der Waals surface area contributed by atoms with Crippen molar-refractivity contribution < 1.29 is 19.5 Å². The number of nitrogens with zero attached hydrogens (tertiary/aromatic N) is 3. The summed E-state index contributed by atoms with van der Waals surface area (Å²) in [5, 5.41) is 12.7. The smallest absolute Gasteiger partial charge is 0.320 e. The number of carboxylic acids is 1. The van der Waals surface area contributed by atoms with Crippen molar-refractivity contribution in [1.82, 2.24) is 10.2 Å². The third-order valence-corrected chi connectivity index (χ3v) is 8.46. The molecule has 5 rings (SSSR count). The van der Waals surface area contributed by atoms with E-state index in [1.165, 1.54) is 0 Å². The predicted molar refractivity (Wildman–Crippen MR) is 156 cm³/mol. The highest BCUT2D eigenvalue weighted by molar-refractivity contribution is 6.12. The third kappa shape index (κ3) is 6.12. The number of fused-ring (bicyclic) bond motifs is 1. The number of carbonyl (C=O) groups excluding carboxylic acids is 2. The number of hydrogen-bond acceptors (Lipinski definition) is 4. The first-order valence-corrected chi connectivity index (χ1v) is 14.6. The molecule has 40 heavy (non-hydrogen) atoms. The monoisotopic (exact) mass is 544 g/mol. The topological polar surface area (TPSA) is 102 Å². The highest BCUT2D eigenvalue weighted by Crippen LogP contribution is 2.38. The maximum absolute atomic E-state index is 13.2. The minimum atomic E-state index is -0.761. The molecule has 2 fully saturated rings. The summed E-state index contributed by atoms with van der Waals surface area (Å²) in [6, 6.07) is 13.6. The lowest BCUT2D eigenvalue weighted by atomic mass is 9.84. The molecule has 2 heterocycles. The van der Waals surface area contributed by atoms with E-state index in [9.17, 15) is 19.5 Å². The summed E-state index contributed by atoms with van der Waals surface area (Å²) in [6.07, 6.45) is 5.40. The van der Waals surface area contributed by atoms with Gasteiger partial charge in [-0.2, -0.15) is 4.99 Å². The minimum Gasteiger partial charge on any atom is -0.480 e. The van der Waals surface area contributed by atoms with Gasteiger partial charge < -0.3 is 15.3 Å². The van der Waals surface area contributed by atoms with E-state index in [4.69, 9.17) is 0 Å². The number of likely N-dealkylation sites (tertiary alicyclic amines) is 1. The van der Waals surface area contributed by atoms with Gasteiger partial charge in [-0.25, -0.2) is 0 Å². The van der Waals surface area contributed by atoms with Crippen LogP contribution in [0.5, 0.6) is 0 Å². The molecule has 2 amide bonds. The zero-order valence-electron chi connectivity index (χ0n) is 23.7. The van der Waals surface area contributed by atoms with Crippen molar-refractivity contribution in [3.05, 3.63) is 64.7 Å². The van der Waals surface area contributed by atoms with Gasteiger partial charge in [0.2, 0.25) is 5.91 Å². The van der Waals surface area contributed by atoms with Gasteiger partial charge in [0.1, 0.15) is 11.9 Å². The average molecular weight is 545 g/mol. The summed E-state index contributed by atoms with van der Waals surface area (Å²) < 4.78 is 0. The van der Waals surface area contributed by atoms with Gasteiger partial charge in [0.25, 0.3) is 5.91 Å². The molecule has 1 atom stereocenters.